The van der Waals surface area contributed by atoms with Crippen molar-refractivity contribution in [1.82, 2.24) is 4.90 Å². The van der Waals surface area contributed by atoms with Gasteiger partial charge in [-0.3, -0.25) is 9.69 Å². The third-order valence-corrected chi connectivity index (χ3v) is 4.46. The number of rotatable bonds is 9. The Balaban J connectivity index is 2.55. The van der Waals surface area contributed by atoms with Crippen LogP contribution < -0.4 is 0 Å². The molecule has 0 spiro atoms. The number of carbonyl (C=O) groups excluding carboxylic acids is 1. The topological polar surface area (TPSA) is 20.3 Å². The highest BCUT2D eigenvalue weighted by Gasteiger charge is 2.34. The van der Waals surface area contributed by atoms with Gasteiger partial charge in [-0.15, -0.1) is 0 Å². The van der Waals surface area contributed by atoms with E-state index in [0.717, 1.165) is 32.4 Å². The van der Waals surface area contributed by atoms with Crippen LogP contribution >= 0.6 is 0 Å². The van der Waals surface area contributed by atoms with Gasteiger partial charge in [-0.2, -0.15) is 0 Å². The highest BCUT2D eigenvalue weighted by atomic mass is 16.1. The van der Waals surface area contributed by atoms with Gasteiger partial charge >= 0.3 is 0 Å². The number of carbonyl (C=O) groups is 1. The molecular formula is C18H29NO. The molecule has 1 unspecified atom stereocenters. The van der Waals surface area contributed by atoms with Crippen LogP contribution in [0.4, 0.5) is 0 Å². The van der Waals surface area contributed by atoms with Crippen LogP contribution in [0.5, 0.6) is 0 Å². The van der Waals surface area contributed by atoms with Gasteiger partial charge in [0.25, 0.3) is 0 Å². The van der Waals surface area contributed by atoms with Crippen molar-refractivity contribution in [3.05, 3.63) is 35.9 Å². The summed E-state index contributed by atoms with van der Waals surface area (Å²) in [6.07, 6.45) is 3.50. The molecule has 0 amide bonds. The summed E-state index contributed by atoms with van der Waals surface area (Å²) in [6, 6.07) is 10.4. The summed E-state index contributed by atoms with van der Waals surface area (Å²) in [5.41, 5.74) is 1.03. The maximum Gasteiger partial charge on any atom is 0.152 e. The van der Waals surface area contributed by atoms with Crippen molar-refractivity contribution in [3.8, 4) is 0 Å². The van der Waals surface area contributed by atoms with Crippen molar-refractivity contribution in [2.45, 2.75) is 58.9 Å². The highest BCUT2D eigenvalue weighted by molar-refractivity contribution is 5.87. The smallest absolute Gasteiger partial charge is 0.152 e. The molecule has 2 nitrogen and oxygen atoms in total. The zero-order valence-electron chi connectivity index (χ0n) is 13.5. The maximum atomic E-state index is 12.6. The summed E-state index contributed by atoms with van der Waals surface area (Å²) in [5.74, 6) is 0.389. The van der Waals surface area contributed by atoms with E-state index in [9.17, 15) is 4.79 Å². The fourth-order valence-corrected chi connectivity index (χ4v) is 2.89. The Bertz CT molecular complexity index is 397. The van der Waals surface area contributed by atoms with Crippen LogP contribution in [-0.4, -0.2) is 29.3 Å². The minimum atomic E-state index is -0.291. The molecule has 0 bridgehead atoms. The summed E-state index contributed by atoms with van der Waals surface area (Å²) in [5, 5.41) is 0. The van der Waals surface area contributed by atoms with Gasteiger partial charge in [-0.25, -0.2) is 0 Å². The summed E-state index contributed by atoms with van der Waals surface area (Å²) < 4.78 is 0. The van der Waals surface area contributed by atoms with Gasteiger partial charge in [0.1, 0.15) is 0 Å². The predicted molar refractivity (Wildman–Crippen MR) is 86.0 cm³/mol. The van der Waals surface area contributed by atoms with Crippen LogP contribution in [0.1, 0.15) is 52.5 Å². The van der Waals surface area contributed by atoms with Gasteiger partial charge in [0.15, 0.2) is 5.78 Å². The Kier molecular flexibility index (Phi) is 6.94. The van der Waals surface area contributed by atoms with Crippen LogP contribution in [0.2, 0.25) is 0 Å². The molecule has 0 saturated carbocycles. The first-order valence-corrected chi connectivity index (χ1v) is 7.90. The summed E-state index contributed by atoms with van der Waals surface area (Å²) >= 11 is 0. The van der Waals surface area contributed by atoms with Crippen molar-refractivity contribution in [2.24, 2.45) is 0 Å². The average molecular weight is 275 g/mol. The Morgan fingerprint density at radius 2 is 1.70 bits per heavy atom. The molecule has 1 aromatic rings. The number of hydrogen-bond donors (Lipinski definition) is 0. The molecule has 0 N–H and O–H groups in total. The minimum Gasteiger partial charge on any atom is -0.298 e. The number of ketones is 1. The second-order valence-corrected chi connectivity index (χ2v) is 5.56. The molecule has 1 aromatic carbocycles. The monoisotopic (exact) mass is 275 g/mol. The Hall–Kier alpha value is -1.15. The quantitative estimate of drug-likeness (QED) is 0.676. The number of benzene rings is 1. The molecule has 0 saturated heterocycles. The van der Waals surface area contributed by atoms with E-state index in [1.165, 1.54) is 5.56 Å². The third kappa shape index (κ3) is 4.17. The van der Waals surface area contributed by atoms with Crippen molar-refractivity contribution in [1.29, 1.82) is 0 Å². The molecule has 20 heavy (non-hydrogen) atoms. The van der Waals surface area contributed by atoms with Gasteiger partial charge in [-0.1, -0.05) is 51.1 Å². The lowest BCUT2D eigenvalue weighted by Gasteiger charge is -2.38. The first kappa shape index (κ1) is 16.9. The molecular weight excluding hydrogens is 246 g/mol. The Morgan fingerprint density at radius 3 is 2.20 bits per heavy atom. The number of Topliss-reactive ketones (excluding diaryl/α,β-unsaturated/α-hetero) is 1. The second-order valence-electron chi connectivity index (χ2n) is 5.56. The van der Waals surface area contributed by atoms with Gasteiger partial charge in [0.05, 0.1) is 5.54 Å². The number of nitrogens with zero attached hydrogens (tertiary/aromatic N) is 1. The van der Waals surface area contributed by atoms with Gasteiger partial charge in [0, 0.05) is 6.42 Å². The zero-order valence-corrected chi connectivity index (χ0v) is 13.5. The summed E-state index contributed by atoms with van der Waals surface area (Å²) in [7, 11) is 0. The van der Waals surface area contributed by atoms with Gasteiger partial charge in [0.2, 0.25) is 0 Å². The molecule has 0 heterocycles. The van der Waals surface area contributed by atoms with Crippen LogP contribution in [0, 0.1) is 0 Å². The molecule has 0 aliphatic carbocycles. The van der Waals surface area contributed by atoms with Crippen molar-refractivity contribution >= 4 is 5.78 Å². The first-order valence-electron chi connectivity index (χ1n) is 7.90. The Labute approximate surface area is 124 Å². The van der Waals surface area contributed by atoms with E-state index < -0.39 is 0 Å². The van der Waals surface area contributed by atoms with E-state index in [0.29, 0.717) is 12.2 Å². The first-order chi connectivity index (χ1) is 9.58. The van der Waals surface area contributed by atoms with E-state index in [2.05, 4.69) is 56.9 Å². The fourth-order valence-electron chi connectivity index (χ4n) is 2.89. The number of hydrogen-bond acceptors (Lipinski definition) is 2. The molecule has 0 aromatic heterocycles. The van der Waals surface area contributed by atoms with Crippen LogP contribution in [0.15, 0.2) is 30.3 Å². The summed E-state index contributed by atoms with van der Waals surface area (Å²) in [4.78, 5) is 14.9. The lowest BCUT2D eigenvalue weighted by molar-refractivity contribution is -0.130. The molecule has 0 fully saturated rings. The largest absolute Gasteiger partial charge is 0.298 e. The molecule has 1 rings (SSSR count). The molecule has 0 aliphatic heterocycles. The van der Waals surface area contributed by atoms with Crippen LogP contribution in [0.25, 0.3) is 0 Å². The third-order valence-electron chi connectivity index (χ3n) is 4.46. The highest BCUT2D eigenvalue weighted by Crippen LogP contribution is 2.23. The van der Waals surface area contributed by atoms with Crippen molar-refractivity contribution < 1.29 is 4.79 Å². The molecule has 0 radical (unpaired) electrons. The van der Waals surface area contributed by atoms with Crippen molar-refractivity contribution in [2.75, 3.05) is 13.1 Å². The van der Waals surface area contributed by atoms with E-state index in [-0.39, 0.29) is 5.54 Å². The molecule has 0 aliphatic rings. The standard InChI is InChI=1S/C18H29NO/c1-5-18(4,19(6-2)7-3)17(20)15-11-14-16-12-9-8-10-13-16/h8-10,12-13H,5-7,11,14-15H2,1-4H3. The Morgan fingerprint density at radius 1 is 1.10 bits per heavy atom. The minimum absolute atomic E-state index is 0.291. The van der Waals surface area contributed by atoms with Gasteiger partial charge in [-0.05, 0) is 44.8 Å². The lowest BCUT2D eigenvalue weighted by Crippen LogP contribution is -2.51. The molecule has 1 atom stereocenters. The van der Waals surface area contributed by atoms with E-state index >= 15 is 0 Å². The number of likely N-dealkylation sites (N-methyl/N-ethyl adjacent to an activating group) is 1. The van der Waals surface area contributed by atoms with E-state index in [4.69, 9.17) is 0 Å². The normalized spacial score (nSPS) is 14.2. The SMILES string of the molecule is CCN(CC)C(C)(CC)C(=O)CCCc1ccccc1. The molecule has 112 valence electrons. The summed E-state index contributed by atoms with van der Waals surface area (Å²) in [6.45, 7) is 10.4. The maximum absolute atomic E-state index is 12.6. The number of aryl methyl sites for hydroxylation is 1. The van der Waals surface area contributed by atoms with Crippen LogP contribution in [0.3, 0.4) is 0 Å². The van der Waals surface area contributed by atoms with Crippen LogP contribution in [-0.2, 0) is 11.2 Å². The average Bonchev–Trinajstić information content (AvgIpc) is 2.49. The van der Waals surface area contributed by atoms with Crippen molar-refractivity contribution in [3.63, 3.8) is 0 Å². The fraction of sp³-hybridized carbons (Fsp3) is 0.611. The predicted octanol–water partition coefficient (Wildman–Crippen LogP) is 4.09. The zero-order chi connectivity index (χ0) is 15.0. The van der Waals surface area contributed by atoms with Gasteiger partial charge < -0.3 is 0 Å². The second kappa shape index (κ2) is 8.21. The van der Waals surface area contributed by atoms with E-state index in [1.54, 1.807) is 0 Å². The lowest BCUT2D eigenvalue weighted by atomic mass is 9.87. The molecule has 2 heteroatoms. The van der Waals surface area contributed by atoms with E-state index in [1.807, 2.05) is 6.07 Å².